The zero-order valence-corrected chi connectivity index (χ0v) is 17.0. The lowest BCUT2D eigenvalue weighted by Gasteiger charge is -2.29. The van der Waals surface area contributed by atoms with E-state index in [-0.39, 0.29) is 11.8 Å². The van der Waals surface area contributed by atoms with Gasteiger partial charge in [0.15, 0.2) is 0 Å². The van der Waals surface area contributed by atoms with E-state index >= 15 is 0 Å². The van der Waals surface area contributed by atoms with E-state index in [0.29, 0.717) is 15.7 Å². The number of rotatable bonds is 3. The maximum Gasteiger partial charge on any atom is 0.241 e. The molecule has 3 aromatic rings. The number of anilines is 1. The maximum atomic E-state index is 13.7. The highest BCUT2D eigenvalue weighted by Gasteiger charge is 2.86. The smallest absolute Gasteiger partial charge is 0.241 e. The lowest BCUT2D eigenvalue weighted by atomic mass is 9.79. The number of carbonyl (C=O) groups is 2. The minimum Gasteiger partial charge on any atom is -0.274 e. The summed E-state index contributed by atoms with van der Waals surface area (Å²) in [4.78, 5) is 32.6. The number of nitrogens with zero attached hydrogens (tertiary/aromatic N) is 2. The zero-order chi connectivity index (χ0) is 20.4. The van der Waals surface area contributed by atoms with Crippen LogP contribution in [-0.2, 0) is 15.0 Å². The van der Waals surface area contributed by atoms with Gasteiger partial charge >= 0.3 is 0 Å². The van der Waals surface area contributed by atoms with E-state index < -0.39 is 16.7 Å². The number of piperidine rings is 1. The largest absolute Gasteiger partial charge is 0.274 e. The molecule has 0 bridgehead atoms. The molecular formula is C23H16Cl2N2O2. The predicted molar refractivity (Wildman–Crippen MR) is 112 cm³/mol. The number of halogens is 2. The lowest BCUT2D eigenvalue weighted by molar-refractivity contribution is -0.125. The van der Waals surface area contributed by atoms with Gasteiger partial charge in [-0.05, 0) is 48.4 Å². The highest BCUT2D eigenvalue weighted by atomic mass is 35.5. The molecule has 0 radical (unpaired) electrons. The Balaban J connectivity index is 1.68. The monoisotopic (exact) mass is 422 g/mol. The van der Waals surface area contributed by atoms with Gasteiger partial charge in [0.1, 0.15) is 0 Å². The third-order valence-electron chi connectivity index (χ3n) is 6.33. The summed E-state index contributed by atoms with van der Waals surface area (Å²) in [6, 6.07) is 18.3. The maximum absolute atomic E-state index is 13.7. The van der Waals surface area contributed by atoms with Crippen LogP contribution in [0.4, 0.5) is 5.69 Å². The first-order valence-corrected chi connectivity index (χ1v) is 9.98. The third kappa shape index (κ3) is 2.24. The summed E-state index contributed by atoms with van der Waals surface area (Å²) < 4.78 is 0. The first kappa shape index (κ1) is 18.3. The number of imide groups is 1. The average molecular weight is 423 g/mol. The molecule has 0 spiro atoms. The predicted octanol–water partition coefficient (Wildman–Crippen LogP) is 4.88. The SMILES string of the molecule is C[C@@]12C(=O)N(c3cc(Cl)cc(Cl)c3)C(=O)[C@@H]1[C@]2(c1ccccc1)c1ccncc1. The fourth-order valence-electron chi connectivity index (χ4n) is 5.13. The summed E-state index contributed by atoms with van der Waals surface area (Å²) >= 11 is 12.2. The highest BCUT2D eigenvalue weighted by molar-refractivity contribution is 6.36. The molecule has 29 heavy (non-hydrogen) atoms. The van der Waals surface area contributed by atoms with Gasteiger partial charge in [0.25, 0.3) is 0 Å². The molecule has 0 N–H and O–H groups in total. The molecule has 1 aliphatic heterocycles. The second-order valence-electron chi connectivity index (χ2n) is 7.65. The second-order valence-corrected chi connectivity index (χ2v) is 8.52. The van der Waals surface area contributed by atoms with Gasteiger partial charge in [-0.15, -0.1) is 0 Å². The Labute approximate surface area is 178 Å². The number of benzene rings is 2. The zero-order valence-electron chi connectivity index (χ0n) is 15.5. The van der Waals surface area contributed by atoms with Crippen LogP contribution in [0.15, 0.2) is 73.1 Å². The standard InChI is InChI=1S/C23H16Cl2N2O2/c1-22-19(20(28)27(21(22)29)18-12-16(24)11-17(25)13-18)23(22,14-5-3-2-4-6-14)15-7-9-26-10-8-15/h2-13,19H,1H3/t19-,22-,23-/m0/s1. The van der Waals surface area contributed by atoms with Crippen LogP contribution in [-0.4, -0.2) is 16.8 Å². The Morgan fingerprint density at radius 2 is 1.48 bits per heavy atom. The Bertz CT molecular complexity index is 1090. The molecule has 3 atom stereocenters. The van der Waals surface area contributed by atoms with Crippen LogP contribution in [0.5, 0.6) is 0 Å². The van der Waals surface area contributed by atoms with Gasteiger partial charge in [0, 0.05) is 27.9 Å². The van der Waals surface area contributed by atoms with Crippen molar-refractivity contribution >= 4 is 40.7 Å². The highest BCUT2D eigenvalue weighted by Crippen LogP contribution is 2.76. The molecule has 2 heterocycles. The van der Waals surface area contributed by atoms with Crippen molar-refractivity contribution in [1.29, 1.82) is 0 Å². The van der Waals surface area contributed by atoms with Crippen molar-refractivity contribution in [3.8, 4) is 0 Å². The van der Waals surface area contributed by atoms with Crippen LogP contribution in [0, 0.1) is 11.3 Å². The molecule has 0 unspecified atom stereocenters. The summed E-state index contributed by atoms with van der Waals surface area (Å²) in [5.74, 6) is -0.993. The molecule has 1 saturated heterocycles. The molecule has 1 aliphatic carbocycles. The number of hydrogen-bond acceptors (Lipinski definition) is 3. The van der Waals surface area contributed by atoms with Gasteiger partial charge in [0.2, 0.25) is 11.8 Å². The van der Waals surface area contributed by atoms with Gasteiger partial charge in [-0.2, -0.15) is 0 Å². The number of amides is 2. The van der Waals surface area contributed by atoms with Gasteiger partial charge < -0.3 is 0 Å². The van der Waals surface area contributed by atoms with Crippen LogP contribution in [0.25, 0.3) is 0 Å². The molecule has 4 nitrogen and oxygen atoms in total. The van der Waals surface area contributed by atoms with Crippen molar-refractivity contribution < 1.29 is 9.59 Å². The molecule has 6 heteroatoms. The van der Waals surface area contributed by atoms with Crippen molar-refractivity contribution in [2.45, 2.75) is 12.3 Å². The number of fused-ring (bicyclic) bond motifs is 1. The van der Waals surface area contributed by atoms with E-state index in [2.05, 4.69) is 4.98 Å². The first-order chi connectivity index (χ1) is 13.9. The third-order valence-corrected chi connectivity index (χ3v) is 6.77. The summed E-state index contributed by atoms with van der Waals surface area (Å²) in [6.45, 7) is 1.87. The van der Waals surface area contributed by atoms with Crippen LogP contribution < -0.4 is 4.90 Å². The quantitative estimate of drug-likeness (QED) is 0.564. The van der Waals surface area contributed by atoms with Crippen LogP contribution in [0.3, 0.4) is 0 Å². The van der Waals surface area contributed by atoms with Crippen molar-refractivity contribution in [1.82, 2.24) is 4.98 Å². The van der Waals surface area contributed by atoms with E-state index in [1.54, 1.807) is 30.6 Å². The van der Waals surface area contributed by atoms with Gasteiger partial charge in [0.05, 0.1) is 17.0 Å². The normalized spacial score (nSPS) is 27.8. The summed E-state index contributed by atoms with van der Waals surface area (Å²) in [6.07, 6.45) is 3.39. The van der Waals surface area contributed by atoms with Gasteiger partial charge in [-0.3, -0.25) is 14.6 Å². The Morgan fingerprint density at radius 3 is 2.03 bits per heavy atom. The minimum atomic E-state index is -0.901. The summed E-state index contributed by atoms with van der Waals surface area (Å²) in [5.41, 5.74) is 0.648. The Hall–Kier alpha value is -2.69. The molecule has 2 aliphatic rings. The van der Waals surface area contributed by atoms with Crippen LogP contribution in [0.1, 0.15) is 18.1 Å². The Morgan fingerprint density at radius 1 is 0.897 bits per heavy atom. The second kappa shape index (κ2) is 6.15. The molecule has 2 amide bonds. The molecule has 5 rings (SSSR count). The van der Waals surface area contributed by atoms with Crippen molar-refractivity contribution in [2.75, 3.05) is 4.90 Å². The van der Waals surface area contributed by atoms with E-state index in [1.807, 2.05) is 49.4 Å². The fourth-order valence-corrected chi connectivity index (χ4v) is 5.65. The lowest BCUT2D eigenvalue weighted by Crippen LogP contribution is -2.42. The molecular weight excluding hydrogens is 407 g/mol. The molecule has 144 valence electrons. The van der Waals surface area contributed by atoms with E-state index in [4.69, 9.17) is 23.2 Å². The minimum absolute atomic E-state index is 0.239. The first-order valence-electron chi connectivity index (χ1n) is 9.23. The van der Waals surface area contributed by atoms with Crippen LogP contribution >= 0.6 is 23.2 Å². The van der Waals surface area contributed by atoms with Gasteiger partial charge in [-0.1, -0.05) is 53.5 Å². The number of hydrogen-bond donors (Lipinski definition) is 0. The molecule has 1 saturated carbocycles. The number of aromatic nitrogens is 1. The van der Waals surface area contributed by atoms with Gasteiger partial charge in [-0.25, -0.2) is 4.90 Å². The number of pyridine rings is 1. The van der Waals surface area contributed by atoms with E-state index in [0.717, 1.165) is 11.1 Å². The van der Waals surface area contributed by atoms with Crippen LogP contribution in [0.2, 0.25) is 10.0 Å². The van der Waals surface area contributed by atoms with Crippen molar-refractivity contribution in [2.24, 2.45) is 11.3 Å². The topological polar surface area (TPSA) is 50.3 Å². The fraction of sp³-hybridized carbons (Fsp3) is 0.174. The summed E-state index contributed by atoms with van der Waals surface area (Å²) in [5, 5.41) is 0.754. The van der Waals surface area contributed by atoms with E-state index in [9.17, 15) is 9.59 Å². The summed E-state index contributed by atoms with van der Waals surface area (Å²) in [7, 11) is 0. The number of carbonyl (C=O) groups excluding carboxylic acids is 2. The van der Waals surface area contributed by atoms with Crippen molar-refractivity contribution in [3.63, 3.8) is 0 Å². The molecule has 2 fully saturated rings. The molecule has 2 aromatic carbocycles. The average Bonchev–Trinajstić information content (AvgIpc) is 3.23. The van der Waals surface area contributed by atoms with Crippen molar-refractivity contribution in [3.05, 3.63) is 94.2 Å². The van der Waals surface area contributed by atoms with E-state index in [1.165, 1.54) is 4.90 Å². The molecule has 1 aromatic heterocycles. The Kier molecular flexibility index (Phi) is 3.89.